The maximum Gasteiger partial charge on any atom is 0.337 e. The molecule has 0 aromatic heterocycles. The molecular weight excluding hydrogens is 377 g/mol. The number of carbonyl (C=O) groups excluding carboxylic acids is 1. The first-order chi connectivity index (χ1) is 12.3. The van der Waals surface area contributed by atoms with Crippen molar-refractivity contribution in [2.24, 2.45) is 5.73 Å². The van der Waals surface area contributed by atoms with Gasteiger partial charge in [0.2, 0.25) is 0 Å². The van der Waals surface area contributed by atoms with Crippen LogP contribution in [0.2, 0.25) is 10.0 Å². The Bertz CT molecular complexity index is 731. The minimum atomic E-state index is -1.67. The molecule has 2 aromatic rings. The second-order valence-corrected chi connectivity index (χ2v) is 6.78. The molecule has 26 heavy (non-hydrogen) atoms. The Balaban J connectivity index is 2.05. The summed E-state index contributed by atoms with van der Waals surface area (Å²) in [5, 5.41) is 20.9. The quantitative estimate of drug-likeness (QED) is 0.624. The third-order valence-electron chi connectivity index (χ3n) is 3.91. The van der Waals surface area contributed by atoms with E-state index >= 15 is 0 Å². The Morgan fingerprint density at radius 2 is 1.65 bits per heavy atom. The number of nitrogens with two attached hydrogens (primary N) is 1. The van der Waals surface area contributed by atoms with Crippen LogP contribution in [-0.2, 0) is 16.0 Å². The number of aliphatic hydroxyl groups is 2. The highest BCUT2D eigenvalue weighted by Gasteiger charge is 2.30. The average molecular weight is 398 g/mol. The topological polar surface area (TPSA) is 92.8 Å². The van der Waals surface area contributed by atoms with Crippen LogP contribution in [0.1, 0.15) is 12.5 Å². The Morgan fingerprint density at radius 1 is 1.08 bits per heavy atom. The summed E-state index contributed by atoms with van der Waals surface area (Å²) in [6, 6.07) is 12.0. The molecule has 140 valence electrons. The van der Waals surface area contributed by atoms with Crippen molar-refractivity contribution in [1.82, 2.24) is 0 Å². The lowest BCUT2D eigenvalue weighted by Crippen LogP contribution is -2.48. The van der Waals surface area contributed by atoms with Crippen LogP contribution in [0.4, 0.5) is 0 Å². The zero-order valence-corrected chi connectivity index (χ0v) is 15.7. The fourth-order valence-corrected chi connectivity index (χ4v) is 3.07. The van der Waals surface area contributed by atoms with E-state index in [1.54, 1.807) is 13.0 Å². The highest BCUT2D eigenvalue weighted by atomic mass is 35.5. The van der Waals surface area contributed by atoms with Crippen molar-refractivity contribution >= 4 is 29.2 Å². The fourth-order valence-electron chi connectivity index (χ4n) is 2.55. The predicted octanol–water partition coefficient (Wildman–Crippen LogP) is 2.82. The average Bonchev–Trinajstić information content (AvgIpc) is 2.60. The van der Waals surface area contributed by atoms with Crippen molar-refractivity contribution in [2.75, 3.05) is 6.61 Å². The van der Waals surface area contributed by atoms with E-state index in [-0.39, 0.29) is 13.0 Å². The second kappa shape index (κ2) is 9.35. The molecule has 0 saturated heterocycles. The van der Waals surface area contributed by atoms with Crippen molar-refractivity contribution in [2.45, 2.75) is 31.6 Å². The second-order valence-electron chi connectivity index (χ2n) is 5.91. The van der Waals surface area contributed by atoms with Gasteiger partial charge in [0.15, 0.2) is 6.10 Å². The van der Waals surface area contributed by atoms with Gasteiger partial charge in [0.25, 0.3) is 0 Å². The van der Waals surface area contributed by atoms with Crippen molar-refractivity contribution in [3.8, 4) is 11.1 Å². The normalized spacial score (nSPS) is 14.5. The largest absolute Gasteiger partial charge is 0.464 e. The van der Waals surface area contributed by atoms with E-state index < -0.39 is 24.2 Å². The SMILES string of the molecule is CCOC(=O)[C@H](O)[C@@H](O)C(N)Cc1ccc(-c2cc(Cl)cc(Cl)c2)cc1. The summed E-state index contributed by atoms with van der Waals surface area (Å²) in [4.78, 5) is 11.5. The van der Waals surface area contributed by atoms with Gasteiger partial charge >= 0.3 is 5.97 Å². The molecule has 0 fully saturated rings. The summed E-state index contributed by atoms with van der Waals surface area (Å²) in [6.07, 6.45) is -2.80. The van der Waals surface area contributed by atoms with E-state index in [4.69, 9.17) is 28.9 Å². The molecule has 0 aliphatic carbocycles. The number of hydrogen-bond acceptors (Lipinski definition) is 5. The number of benzene rings is 2. The minimum Gasteiger partial charge on any atom is -0.464 e. The van der Waals surface area contributed by atoms with E-state index in [9.17, 15) is 15.0 Å². The zero-order chi connectivity index (χ0) is 19.3. The van der Waals surface area contributed by atoms with E-state index in [1.165, 1.54) is 0 Å². The third kappa shape index (κ3) is 5.43. The standard InChI is InChI=1S/C19H21Cl2NO4/c1-2-26-19(25)18(24)17(23)16(22)7-11-3-5-12(6-4-11)13-8-14(20)10-15(21)9-13/h3-6,8-10,16-18,23-24H,2,7,22H2,1H3/t16?,17-,18+/m0/s1. The van der Waals surface area contributed by atoms with E-state index in [0.717, 1.165) is 16.7 Å². The van der Waals surface area contributed by atoms with E-state index in [1.807, 2.05) is 36.4 Å². The molecule has 7 heteroatoms. The molecule has 2 rings (SSSR count). The van der Waals surface area contributed by atoms with Gasteiger partial charge in [0.05, 0.1) is 6.61 Å². The first kappa shape index (κ1) is 20.7. The smallest absolute Gasteiger partial charge is 0.337 e. The minimum absolute atomic E-state index is 0.118. The lowest BCUT2D eigenvalue weighted by Gasteiger charge is -2.22. The zero-order valence-electron chi connectivity index (χ0n) is 14.2. The van der Waals surface area contributed by atoms with Gasteiger partial charge in [-0.2, -0.15) is 0 Å². The van der Waals surface area contributed by atoms with Crippen molar-refractivity contribution in [1.29, 1.82) is 0 Å². The number of rotatable bonds is 7. The summed E-state index contributed by atoms with van der Waals surface area (Å²) in [6.45, 7) is 1.73. The Labute approximate surface area is 162 Å². The number of aliphatic hydroxyl groups excluding tert-OH is 2. The van der Waals surface area contributed by atoms with Crippen LogP contribution in [-0.4, -0.2) is 41.0 Å². The summed E-state index contributed by atoms with van der Waals surface area (Å²) in [5.41, 5.74) is 8.59. The van der Waals surface area contributed by atoms with Crippen molar-refractivity contribution in [3.63, 3.8) is 0 Å². The van der Waals surface area contributed by atoms with Crippen LogP contribution in [0, 0.1) is 0 Å². The molecule has 4 N–H and O–H groups in total. The van der Waals surface area contributed by atoms with Crippen LogP contribution in [0.15, 0.2) is 42.5 Å². The number of esters is 1. The van der Waals surface area contributed by atoms with Crippen LogP contribution < -0.4 is 5.73 Å². The number of carbonyl (C=O) groups is 1. The van der Waals surface area contributed by atoms with E-state index in [0.29, 0.717) is 10.0 Å². The highest BCUT2D eigenvalue weighted by molar-refractivity contribution is 6.35. The van der Waals surface area contributed by atoms with E-state index in [2.05, 4.69) is 4.74 Å². The highest BCUT2D eigenvalue weighted by Crippen LogP contribution is 2.27. The first-order valence-corrected chi connectivity index (χ1v) is 8.91. The summed E-state index contributed by atoms with van der Waals surface area (Å²) in [7, 11) is 0. The molecule has 3 atom stereocenters. The lowest BCUT2D eigenvalue weighted by molar-refractivity contribution is -0.159. The molecule has 0 bridgehead atoms. The van der Waals surface area contributed by atoms with Crippen molar-refractivity contribution < 1.29 is 19.7 Å². The monoisotopic (exact) mass is 397 g/mol. The molecule has 0 aliphatic rings. The third-order valence-corrected chi connectivity index (χ3v) is 4.35. The molecule has 0 amide bonds. The molecule has 0 spiro atoms. The molecule has 0 heterocycles. The predicted molar refractivity (Wildman–Crippen MR) is 102 cm³/mol. The Morgan fingerprint density at radius 3 is 2.19 bits per heavy atom. The molecule has 2 aromatic carbocycles. The number of hydrogen-bond donors (Lipinski definition) is 3. The van der Waals surface area contributed by atoms with Gasteiger partial charge in [-0.05, 0) is 48.2 Å². The van der Waals surface area contributed by atoms with Crippen LogP contribution in [0.25, 0.3) is 11.1 Å². The Hall–Kier alpha value is -1.63. The summed E-state index contributed by atoms with van der Waals surface area (Å²) >= 11 is 12.0. The number of halogens is 2. The van der Waals surface area contributed by atoms with Gasteiger partial charge in [0, 0.05) is 16.1 Å². The van der Waals surface area contributed by atoms with Gasteiger partial charge in [-0.1, -0.05) is 47.5 Å². The lowest BCUT2D eigenvalue weighted by atomic mass is 9.96. The fraction of sp³-hybridized carbons (Fsp3) is 0.316. The first-order valence-electron chi connectivity index (χ1n) is 8.15. The van der Waals surface area contributed by atoms with Crippen LogP contribution in [0.3, 0.4) is 0 Å². The number of ether oxygens (including phenoxy) is 1. The Kier molecular flexibility index (Phi) is 7.43. The molecule has 5 nitrogen and oxygen atoms in total. The van der Waals surface area contributed by atoms with Crippen molar-refractivity contribution in [3.05, 3.63) is 58.1 Å². The summed E-state index contributed by atoms with van der Waals surface area (Å²) < 4.78 is 4.68. The van der Waals surface area contributed by atoms with Gasteiger partial charge in [-0.15, -0.1) is 0 Å². The molecule has 1 unspecified atom stereocenters. The van der Waals surface area contributed by atoms with Crippen LogP contribution in [0.5, 0.6) is 0 Å². The molecule has 0 saturated carbocycles. The maximum absolute atomic E-state index is 11.5. The van der Waals surface area contributed by atoms with Crippen LogP contribution >= 0.6 is 23.2 Å². The molecule has 0 aliphatic heterocycles. The van der Waals surface area contributed by atoms with Gasteiger partial charge < -0.3 is 20.7 Å². The van der Waals surface area contributed by atoms with Gasteiger partial charge in [0.1, 0.15) is 6.10 Å². The van der Waals surface area contributed by atoms with Gasteiger partial charge in [-0.3, -0.25) is 0 Å². The molecular formula is C19H21Cl2NO4. The van der Waals surface area contributed by atoms with Gasteiger partial charge in [-0.25, -0.2) is 4.79 Å². The summed E-state index contributed by atoms with van der Waals surface area (Å²) in [5.74, 6) is -0.886. The molecule has 0 radical (unpaired) electrons. The maximum atomic E-state index is 11.5.